The van der Waals surface area contributed by atoms with Crippen molar-refractivity contribution in [1.29, 1.82) is 0 Å². The van der Waals surface area contributed by atoms with Crippen LogP contribution in [0.5, 0.6) is 0 Å². The lowest BCUT2D eigenvalue weighted by Crippen LogP contribution is -2.32. The normalized spacial score (nSPS) is 20.8. The SMILES string of the molecule is CCC(C)C(C(C)C)C(C)CC(C)(CC)C(C)C. The first-order valence-electron chi connectivity index (χ1n) is 8.19. The molecular weight excluding hydrogens is 216 g/mol. The minimum Gasteiger partial charge on any atom is -0.0651 e. The molecule has 0 bridgehead atoms. The zero-order valence-electron chi connectivity index (χ0n) is 14.5. The molecule has 0 aromatic carbocycles. The van der Waals surface area contributed by atoms with E-state index in [0.717, 1.165) is 29.6 Å². The molecule has 18 heavy (non-hydrogen) atoms. The Kier molecular flexibility index (Phi) is 7.56. The highest BCUT2D eigenvalue weighted by molar-refractivity contribution is 4.83. The third-order valence-corrected chi connectivity index (χ3v) is 5.72. The Balaban J connectivity index is 4.84. The Morgan fingerprint density at radius 3 is 1.61 bits per heavy atom. The quantitative estimate of drug-likeness (QED) is 0.470. The van der Waals surface area contributed by atoms with Crippen LogP contribution < -0.4 is 0 Å². The first-order valence-corrected chi connectivity index (χ1v) is 8.19. The van der Waals surface area contributed by atoms with E-state index in [1.807, 2.05) is 0 Å². The van der Waals surface area contributed by atoms with Gasteiger partial charge in [0.25, 0.3) is 0 Å². The predicted molar refractivity (Wildman–Crippen MR) is 84.8 cm³/mol. The monoisotopic (exact) mass is 254 g/mol. The van der Waals surface area contributed by atoms with Gasteiger partial charge in [0.05, 0.1) is 0 Å². The van der Waals surface area contributed by atoms with E-state index >= 15 is 0 Å². The molecule has 110 valence electrons. The molecule has 0 heteroatoms. The topological polar surface area (TPSA) is 0 Å². The lowest BCUT2D eigenvalue weighted by atomic mass is 9.65. The minimum absolute atomic E-state index is 0.514. The molecule has 0 aromatic rings. The summed E-state index contributed by atoms with van der Waals surface area (Å²) >= 11 is 0. The molecule has 0 aromatic heterocycles. The Labute approximate surface area is 117 Å². The van der Waals surface area contributed by atoms with Crippen molar-refractivity contribution in [3.05, 3.63) is 0 Å². The molecule has 0 N–H and O–H groups in total. The molecule has 4 unspecified atom stereocenters. The molecule has 0 heterocycles. The van der Waals surface area contributed by atoms with Crippen molar-refractivity contribution >= 4 is 0 Å². The van der Waals surface area contributed by atoms with E-state index < -0.39 is 0 Å². The van der Waals surface area contributed by atoms with Crippen LogP contribution in [0, 0.1) is 35.0 Å². The van der Waals surface area contributed by atoms with Crippen LogP contribution >= 0.6 is 0 Å². The summed E-state index contributed by atoms with van der Waals surface area (Å²) in [6, 6.07) is 0. The van der Waals surface area contributed by atoms with Crippen LogP contribution in [0.15, 0.2) is 0 Å². The molecule has 0 amide bonds. The lowest BCUT2D eigenvalue weighted by molar-refractivity contribution is 0.0929. The highest BCUT2D eigenvalue weighted by atomic mass is 14.4. The molecule has 0 aliphatic rings. The largest absolute Gasteiger partial charge is 0.0651 e. The van der Waals surface area contributed by atoms with E-state index in [0.29, 0.717) is 5.41 Å². The van der Waals surface area contributed by atoms with Gasteiger partial charge in [0.15, 0.2) is 0 Å². The summed E-state index contributed by atoms with van der Waals surface area (Å²) in [4.78, 5) is 0. The van der Waals surface area contributed by atoms with Gasteiger partial charge in [-0.15, -0.1) is 0 Å². The fourth-order valence-corrected chi connectivity index (χ4v) is 3.81. The van der Waals surface area contributed by atoms with Gasteiger partial charge in [-0.05, 0) is 41.4 Å². The van der Waals surface area contributed by atoms with E-state index in [9.17, 15) is 0 Å². The van der Waals surface area contributed by atoms with E-state index in [1.165, 1.54) is 19.3 Å². The molecule has 0 nitrogen and oxygen atoms in total. The van der Waals surface area contributed by atoms with Crippen LogP contribution in [0.1, 0.15) is 81.6 Å². The minimum atomic E-state index is 0.514. The lowest BCUT2D eigenvalue weighted by Gasteiger charge is -2.40. The average molecular weight is 255 g/mol. The first-order chi connectivity index (χ1) is 8.19. The van der Waals surface area contributed by atoms with Crippen molar-refractivity contribution in [2.45, 2.75) is 81.6 Å². The Hall–Kier alpha value is 0. The van der Waals surface area contributed by atoms with Crippen LogP contribution in [0.3, 0.4) is 0 Å². The second-order valence-corrected chi connectivity index (χ2v) is 7.55. The summed E-state index contributed by atoms with van der Waals surface area (Å²) in [6.45, 7) is 21.7. The number of hydrogen-bond acceptors (Lipinski definition) is 0. The van der Waals surface area contributed by atoms with Crippen LogP contribution in [0.2, 0.25) is 0 Å². The second kappa shape index (κ2) is 7.56. The zero-order valence-corrected chi connectivity index (χ0v) is 14.5. The van der Waals surface area contributed by atoms with Crippen molar-refractivity contribution in [3.63, 3.8) is 0 Å². The maximum absolute atomic E-state index is 2.49. The van der Waals surface area contributed by atoms with E-state index in [-0.39, 0.29) is 0 Å². The Morgan fingerprint density at radius 2 is 1.33 bits per heavy atom. The van der Waals surface area contributed by atoms with Gasteiger partial charge in [-0.1, -0.05) is 75.2 Å². The van der Waals surface area contributed by atoms with Gasteiger partial charge in [-0.25, -0.2) is 0 Å². The van der Waals surface area contributed by atoms with Crippen molar-refractivity contribution < 1.29 is 0 Å². The molecule has 4 atom stereocenters. The Morgan fingerprint density at radius 1 is 0.833 bits per heavy atom. The van der Waals surface area contributed by atoms with Crippen LogP contribution in [-0.4, -0.2) is 0 Å². The fourth-order valence-electron chi connectivity index (χ4n) is 3.81. The highest BCUT2D eigenvalue weighted by Gasteiger charge is 2.33. The molecule has 0 saturated carbocycles. The summed E-state index contributed by atoms with van der Waals surface area (Å²) in [6.07, 6.45) is 4.01. The van der Waals surface area contributed by atoms with Crippen molar-refractivity contribution in [2.24, 2.45) is 35.0 Å². The summed E-state index contributed by atoms with van der Waals surface area (Å²) in [7, 11) is 0. The van der Waals surface area contributed by atoms with Gasteiger partial charge in [0, 0.05) is 0 Å². The van der Waals surface area contributed by atoms with Crippen molar-refractivity contribution in [1.82, 2.24) is 0 Å². The van der Waals surface area contributed by atoms with Gasteiger partial charge in [-0.3, -0.25) is 0 Å². The van der Waals surface area contributed by atoms with Crippen LogP contribution in [-0.2, 0) is 0 Å². The predicted octanol–water partition coefficient (Wildman–Crippen LogP) is 6.40. The molecule has 0 saturated heterocycles. The van der Waals surface area contributed by atoms with E-state index in [1.54, 1.807) is 0 Å². The smallest absolute Gasteiger partial charge is 0.0303 e. The third-order valence-electron chi connectivity index (χ3n) is 5.72. The number of rotatable bonds is 8. The van der Waals surface area contributed by atoms with Crippen molar-refractivity contribution in [3.8, 4) is 0 Å². The van der Waals surface area contributed by atoms with Crippen LogP contribution in [0.4, 0.5) is 0 Å². The maximum Gasteiger partial charge on any atom is -0.0303 e. The second-order valence-electron chi connectivity index (χ2n) is 7.55. The van der Waals surface area contributed by atoms with Gasteiger partial charge in [0.2, 0.25) is 0 Å². The summed E-state index contributed by atoms with van der Waals surface area (Å²) in [5.41, 5.74) is 0.514. The number of hydrogen-bond donors (Lipinski definition) is 0. The third kappa shape index (κ3) is 4.59. The van der Waals surface area contributed by atoms with Gasteiger partial charge >= 0.3 is 0 Å². The van der Waals surface area contributed by atoms with E-state index in [2.05, 4.69) is 62.3 Å². The highest BCUT2D eigenvalue weighted by Crippen LogP contribution is 2.42. The molecule has 0 radical (unpaired) electrons. The molecule has 0 aliphatic carbocycles. The Bertz CT molecular complexity index is 216. The van der Waals surface area contributed by atoms with Gasteiger partial charge in [-0.2, -0.15) is 0 Å². The van der Waals surface area contributed by atoms with Gasteiger partial charge in [0.1, 0.15) is 0 Å². The zero-order chi connectivity index (χ0) is 14.5. The maximum atomic E-state index is 2.49. The standard InChI is InChI=1S/C18H38/c1-10-15(7)17(13(3)4)16(8)12-18(9,11-2)14(5)6/h13-17H,10-12H2,1-9H3. The van der Waals surface area contributed by atoms with Crippen LogP contribution in [0.25, 0.3) is 0 Å². The first kappa shape index (κ1) is 18.0. The average Bonchev–Trinajstić information content (AvgIpc) is 2.27. The fraction of sp³-hybridized carbons (Fsp3) is 1.00. The molecular formula is C18H38. The summed E-state index contributed by atoms with van der Waals surface area (Å²) in [5, 5.41) is 0. The summed E-state index contributed by atoms with van der Waals surface area (Å²) < 4.78 is 0. The van der Waals surface area contributed by atoms with Crippen molar-refractivity contribution in [2.75, 3.05) is 0 Å². The summed E-state index contributed by atoms with van der Waals surface area (Å²) in [5.74, 6) is 4.16. The van der Waals surface area contributed by atoms with E-state index in [4.69, 9.17) is 0 Å². The molecule has 0 spiro atoms. The molecule has 0 fully saturated rings. The molecule has 0 rings (SSSR count). The molecule has 0 aliphatic heterocycles. The van der Waals surface area contributed by atoms with Gasteiger partial charge < -0.3 is 0 Å².